The highest BCUT2D eigenvalue weighted by Gasteiger charge is 2.31. The van der Waals surface area contributed by atoms with Gasteiger partial charge in [0.1, 0.15) is 5.75 Å². The lowest BCUT2D eigenvalue weighted by atomic mass is 10.1. The van der Waals surface area contributed by atoms with E-state index in [1.54, 1.807) is 6.07 Å². The zero-order valence-corrected chi connectivity index (χ0v) is 11.8. The Bertz CT molecular complexity index is 518. The number of nitrogens with one attached hydrogen (secondary N) is 1. The molecule has 0 heterocycles. The van der Waals surface area contributed by atoms with Gasteiger partial charge in [-0.15, -0.1) is 13.2 Å². The SMILES string of the molecule is NC(=O)CCCCC(=O)NCc1ccccc1OC(F)(F)F. The van der Waals surface area contributed by atoms with Crippen LogP contribution in [0.5, 0.6) is 5.75 Å². The number of alkyl halides is 3. The van der Waals surface area contributed by atoms with Crippen LogP contribution in [0, 0.1) is 0 Å². The number of nitrogens with two attached hydrogens (primary N) is 1. The van der Waals surface area contributed by atoms with Gasteiger partial charge in [0.25, 0.3) is 0 Å². The molecule has 0 unspecified atom stereocenters. The van der Waals surface area contributed by atoms with Crippen LogP contribution in [0.15, 0.2) is 24.3 Å². The topological polar surface area (TPSA) is 81.4 Å². The lowest BCUT2D eigenvalue weighted by Gasteiger charge is -2.13. The summed E-state index contributed by atoms with van der Waals surface area (Å²) in [4.78, 5) is 22.1. The third-order valence-electron chi connectivity index (χ3n) is 2.75. The van der Waals surface area contributed by atoms with Crippen LogP contribution >= 0.6 is 0 Å². The minimum atomic E-state index is -4.78. The smallest absolute Gasteiger partial charge is 0.405 e. The molecule has 0 bridgehead atoms. The van der Waals surface area contributed by atoms with E-state index < -0.39 is 12.3 Å². The van der Waals surface area contributed by atoms with Crippen molar-refractivity contribution in [3.05, 3.63) is 29.8 Å². The van der Waals surface area contributed by atoms with E-state index in [-0.39, 0.29) is 36.6 Å². The van der Waals surface area contributed by atoms with Gasteiger partial charge in [-0.1, -0.05) is 18.2 Å². The molecule has 1 aromatic carbocycles. The van der Waals surface area contributed by atoms with Crippen LogP contribution in [-0.4, -0.2) is 18.2 Å². The van der Waals surface area contributed by atoms with Crippen LogP contribution in [0.1, 0.15) is 31.2 Å². The number of primary amides is 1. The van der Waals surface area contributed by atoms with Gasteiger partial charge in [-0.25, -0.2) is 0 Å². The maximum Gasteiger partial charge on any atom is 0.573 e. The van der Waals surface area contributed by atoms with Crippen molar-refractivity contribution < 1.29 is 27.5 Å². The lowest BCUT2D eigenvalue weighted by molar-refractivity contribution is -0.274. The zero-order valence-electron chi connectivity index (χ0n) is 11.8. The molecule has 0 aliphatic rings. The largest absolute Gasteiger partial charge is 0.573 e. The van der Waals surface area contributed by atoms with Gasteiger partial charge in [0.2, 0.25) is 11.8 Å². The van der Waals surface area contributed by atoms with Gasteiger partial charge < -0.3 is 15.8 Å². The van der Waals surface area contributed by atoms with Crippen LogP contribution in [0.25, 0.3) is 0 Å². The number of ether oxygens (including phenoxy) is 1. The molecule has 0 radical (unpaired) electrons. The first-order valence-corrected chi connectivity index (χ1v) is 6.66. The Labute approximate surface area is 125 Å². The fraction of sp³-hybridized carbons (Fsp3) is 0.429. The molecule has 0 atom stereocenters. The summed E-state index contributed by atoms with van der Waals surface area (Å²) in [5.41, 5.74) is 5.19. The summed E-state index contributed by atoms with van der Waals surface area (Å²) in [7, 11) is 0. The van der Waals surface area contributed by atoms with Crippen molar-refractivity contribution in [2.75, 3.05) is 0 Å². The van der Waals surface area contributed by atoms with Crippen molar-refractivity contribution in [2.45, 2.75) is 38.6 Å². The van der Waals surface area contributed by atoms with Gasteiger partial charge in [-0.2, -0.15) is 0 Å². The fourth-order valence-electron chi connectivity index (χ4n) is 1.74. The first-order valence-electron chi connectivity index (χ1n) is 6.66. The van der Waals surface area contributed by atoms with Crippen LogP contribution < -0.4 is 15.8 Å². The van der Waals surface area contributed by atoms with Crippen molar-refractivity contribution in [3.63, 3.8) is 0 Å². The molecular weight excluding hydrogens is 301 g/mol. The number of amides is 2. The first-order chi connectivity index (χ1) is 10.3. The van der Waals surface area contributed by atoms with E-state index in [1.165, 1.54) is 18.2 Å². The Morgan fingerprint density at radius 2 is 1.77 bits per heavy atom. The molecule has 0 saturated carbocycles. The van der Waals surface area contributed by atoms with Crippen LogP contribution in [0.3, 0.4) is 0 Å². The average molecular weight is 318 g/mol. The van der Waals surface area contributed by atoms with Crippen LogP contribution in [0.4, 0.5) is 13.2 Å². The number of halogens is 3. The van der Waals surface area contributed by atoms with Gasteiger partial charge >= 0.3 is 6.36 Å². The standard InChI is InChI=1S/C14H17F3N2O3/c15-14(16,17)22-11-6-2-1-5-10(11)9-19-13(21)8-4-3-7-12(18)20/h1-2,5-6H,3-4,7-9H2,(H2,18,20)(H,19,21). The number of para-hydroxylation sites is 1. The Balaban J connectivity index is 2.44. The highest BCUT2D eigenvalue weighted by atomic mass is 19.4. The fourth-order valence-corrected chi connectivity index (χ4v) is 1.74. The van der Waals surface area contributed by atoms with E-state index >= 15 is 0 Å². The number of benzene rings is 1. The average Bonchev–Trinajstić information content (AvgIpc) is 2.41. The molecule has 5 nitrogen and oxygen atoms in total. The highest BCUT2D eigenvalue weighted by Crippen LogP contribution is 2.26. The van der Waals surface area contributed by atoms with Gasteiger partial charge in [-0.3, -0.25) is 9.59 Å². The molecule has 0 aliphatic carbocycles. The molecule has 1 aromatic rings. The lowest BCUT2D eigenvalue weighted by Crippen LogP contribution is -2.24. The predicted octanol–water partition coefficient (Wildman–Crippen LogP) is 2.25. The second-order valence-corrected chi connectivity index (χ2v) is 4.61. The molecule has 122 valence electrons. The van der Waals surface area contributed by atoms with Crippen molar-refractivity contribution in [2.24, 2.45) is 5.73 Å². The molecule has 0 fully saturated rings. The van der Waals surface area contributed by atoms with E-state index in [4.69, 9.17) is 5.73 Å². The molecule has 0 saturated heterocycles. The maximum atomic E-state index is 12.2. The van der Waals surface area contributed by atoms with E-state index in [1.807, 2.05) is 0 Å². The second kappa shape index (κ2) is 8.26. The Hall–Kier alpha value is -2.25. The molecule has 1 rings (SSSR count). The van der Waals surface area contributed by atoms with E-state index in [0.717, 1.165) is 0 Å². The summed E-state index contributed by atoms with van der Waals surface area (Å²) in [6.45, 7) is -0.0685. The highest BCUT2D eigenvalue weighted by molar-refractivity contribution is 5.76. The third kappa shape index (κ3) is 7.51. The van der Waals surface area contributed by atoms with E-state index in [2.05, 4.69) is 10.1 Å². The summed E-state index contributed by atoms with van der Waals surface area (Å²) >= 11 is 0. The van der Waals surface area contributed by atoms with Gasteiger partial charge in [0, 0.05) is 24.9 Å². The molecule has 3 N–H and O–H groups in total. The van der Waals surface area contributed by atoms with Gasteiger partial charge in [0.05, 0.1) is 0 Å². The Morgan fingerprint density at radius 3 is 2.41 bits per heavy atom. The quantitative estimate of drug-likeness (QED) is 0.721. The Morgan fingerprint density at radius 1 is 1.14 bits per heavy atom. The molecule has 2 amide bonds. The van der Waals surface area contributed by atoms with Crippen LogP contribution in [-0.2, 0) is 16.1 Å². The third-order valence-corrected chi connectivity index (χ3v) is 2.75. The summed E-state index contributed by atoms with van der Waals surface area (Å²) < 4.78 is 40.6. The minimum Gasteiger partial charge on any atom is -0.405 e. The summed E-state index contributed by atoms with van der Waals surface area (Å²) in [5.74, 6) is -1.09. The molecular formula is C14H17F3N2O3. The number of carbonyl (C=O) groups is 2. The number of carbonyl (C=O) groups excluding carboxylic acids is 2. The normalized spacial score (nSPS) is 11.0. The predicted molar refractivity (Wildman–Crippen MR) is 72.6 cm³/mol. The van der Waals surface area contributed by atoms with Crippen molar-refractivity contribution in [1.82, 2.24) is 5.32 Å². The zero-order chi connectivity index (χ0) is 16.6. The first kappa shape index (κ1) is 17.8. The monoisotopic (exact) mass is 318 g/mol. The number of hydrogen-bond donors (Lipinski definition) is 2. The van der Waals surface area contributed by atoms with Crippen molar-refractivity contribution >= 4 is 11.8 Å². The maximum absolute atomic E-state index is 12.2. The summed E-state index contributed by atoms with van der Waals surface area (Å²) in [6.07, 6.45) is -3.42. The Kier molecular flexibility index (Phi) is 6.68. The van der Waals surface area contributed by atoms with Crippen LogP contribution in [0.2, 0.25) is 0 Å². The van der Waals surface area contributed by atoms with E-state index in [0.29, 0.717) is 12.8 Å². The molecule has 0 aliphatic heterocycles. The van der Waals surface area contributed by atoms with Crippen molar-refractivity contribution in [1.29, 1.82) is 0 Å². The van der Waals surface area contributed by atoms with E-state index in [9.17, 15) is 22.8 Å². The molecule has 8 heteroatoms. The molecule has 22 heavy (non-hydrogen) atoms. The van der Waals surface area contributed by atoms with Gasteiger partial charge in [0.15, 0.2) is 0 Å². The number of hydrogen-bond acceptors (Lipinski definition) is 3. The minimum absolute atomic E-state index is 0.0685. The second-order valence-electron chi connectivity index (χ2n) is 4.61. The summed E-state index contributed by atoms with van der Waals surface area (Å²) in [5, 5.41) is 2.51. The summed E-state index contributed by atoms with van der Waals surface area (Å²) in [6, 6.07) is 5.59. The molecule has 0 spiro atoms. The number of rotatable bonds is 8. The molecule has 0 aromatic heterocycles. The van der Waals surface area contributed by atoms with Crippen molar-refractivity contribution in [3.8, 4) is 5.75 Å². The van der Waals surface area contributed by atoms with Gasteiger partial charge in [-0.05, 0) is 18.9 Å². The number of unbranched alkanes of at least 4 members (excludes halogenated alkanes) is 1.